The number of nitrogens with one attached hydrogen (secondary N) is 1. The molecule has 0 aliphatic heterocycles. The van der Waals surface area contributed by atoms with Crippen LogP contribution in [0.2, 0.25) is 0 Å². The van der Waals surface area contributed by atoms with E-state index in [9.17, 15) is 13.2 Å². The third-order valence-corrected chi connectivity index (χ3v) is 6.66. The third-order valence-electron chi connectivity index (χ3n) is 4.87. The molecule has 0 aliphatic carbocycles. The Balaban J connectivity index is 1.71. The van der Waals surface area contributed by atoms with Gasteiger partial charge in [-0.05, 0) is 68.3 Å². The number of hydrogen-bond donors (Lipinski definition) is 1. The van der Waals surface area contributed by atoms with E-state index in [1.807, 2.05) is 51.1 Å². The summed E-state index contributed by atoms with van der Waals surface area (Å²) in [6.07, 6.45) is 0. The van der Waals surface area contributed by atoms with Gasteiger partial charge in [-0.3, -0.25) is 9.10 Å². The van der Waals surface area contributed by atoms with Crippen LogP contribution in [-0.2, 0) is 14.8 Å². The highest BCUT2D eigenvalue weighted by molar-refractivity contribution is 7.92. The fraction of sp³-hybridized carbons (Fsp3) is 0.240. The van der Waals surface area contributed by atoms with Crippen LogP contribution in [0.25, 0.3) is 0 Å². The molecule has 168 valence electrons. The summed E-state index contributed by atoms with van der Waals surface area (Å²) >= 11 is 0. The first kappa shape index (κ1) is 23.3. The van der Waals surface area contributed by atoms with Gasteiger partial charge in [0.15, 0.2) is 0 Å². The first-order valence-electron chi connectivity index (χ1n) is 10.4. The van der Waals surface area contributed by atoms with E-state index in [1.54, 1.807) is 42.5 Å². The van der Waals surface area contributed by atoms with Crippen molar-refractivity contribution < 1.29 is 17.9 Å². The molecule has 3 aromatic carbocycles. The fourth-order valence-electron chi connectivity index (χ4n) is 3.19. The van der Waals surface area contributed by atoms with Gasteiger partial charge < -0.3 is 10.1 Å². The molecule has 0 atom stereocenters. The highest BCUT2D eigenvalue weighted by Crippen LogP contribution is 2.24. The second-order valence-electron chi connectivity index (χ2n) is 7.68. The first-order chi connectivity index (χ1) is 15.3. The van der Waals surface area contributed by atoms with E-state index in [0.29, 0.717) is 5.69 Å². The minimum Gasteiger partial charge on any atom is -0.492 e. The average molecular weight is 453 g/mol. The van der Waals surface area contributed by atoms with Crippen molar-refractivity contribution in [1.82, 2.24) is 5.32 Å². The molecule has 3 rings (SSSR count). The normalized spacial score (nSPS) is 11.1. The van der Waals surface area contributed by atoms with Crippen molar-refractivity contribution >= 4 is 21.6 Å². The number of amides is 1. The molecule has 0 bridgehead atoms. The van der Waals surface area contributed by atoms with Gasteiger partial charge in [0.25, 0.3) is 10.0 Å². The zero-order chi connectivity index (χ0) is 23.1. The summed E-state index contributed by atoms with van der Waals surface area (Å²) in [5, 5.41) is 2.75. The third kappa shape index (κ3) is 6.11. The van der Waals surface area contributed by atoms with Gasteiger partial charge in [0.2, 0.25) is 5.91 Å². The summed E-state index contributed by atoms with van der Waals surface area (Å²) in [4.78, 5) is 12.8. The van der Waals surface area contributed by atoms with Crippen LogP contribution in [0.1, 0.15) is 16.7 Å². The van der Waals surface area contributed by atoms with E-state index in [-0.39, 0.29) is 24.6 Å². The van der Waals surface area contributed by atoms with Gasteiger partial charge in [-0.25, -0.2) is 8.42 Å². The summed E-state index contributed by atoms with van der Waals surface area (Å²) in [6.45, 7) is 5.96. The van der Waals surface area contributed by atoms with Crippen LogP contribution in [0, 0.1) is 20.8 Å². The number of carbonyl (C=O) groups is 1. The van der Waals surface area contributed by atoms with E-state index in [2.05, 4.69) is 5.32 Å². The van der Waals surface area contributed by atoms with E-state index in [4.69, 9.17) is 4.74 Å². The monoisotopic (exact) mass is 452 g/mol. The molecule has 6 nitrogen and oxygen atoms in total. The molecular weight excluding hydrogens is 424 g/mol. The standard InChI is InChI=1S/C25H28N2O4S/c1-19-10-12-24(13-11-19)32(29,30)27(22-8-4-6-20(2)16-22)18-25(28)26-14-15-31-23-9-5-7-21(3)17-23/h4-13,16-17H,14-15,18H2,1-3H3,(H,26,28). The van der Waals surface area contributed by atoms with Crippen molar-refractivity contribution in [2.24, 2.45) is 0 Å². The maximum Gasteiger partial charge on any atom is 0.264 e. The lowest BCUT2D eigenvalue weighted by Crippen LogP contribution is -2.42. The lowest BCUT2D eigenvalue weighted by molar-refractivity contribution is -0.119. The molecule has 0 fully saturated rings. The van der Waals surface area contributed by atoms with E-state index in [0.717, 1.165) is 26.7 Å². The predicted molar refractivity (Wildman–Crippen MR) is 127 cm³/mol. The van der Waals surface area contributed by atoms with Crippen LogP contribution in [0.3, 0.4) is 0 Å². The van der Waals surface area contributed by atoms with Gasteiger partial charge in [-0.1, -0.05) is 42.0 Å². The van der Waals surface area contributed by atoms with Gasteiger partial charge in [0.1, 0.15) is 18.9 Å². The smallest absolute Gasteiger partial charge is 0.264 e. The fourth-order valence-corrected chi connectivity index (χ4v) is 4.60. The summed E-state index contributed by atoms with van der Waals surface area (Å²) in [6, 6.07) is 21.3. The Morgan fingerprint density at radius 3 is 2.19 bits per heavy atom. The highest BCUT2D eigenvalue weighted by atomic mass is 32.2. The number of benzene rings is 3. The first-order valence-corrected chi connectivity index (χ1v) is 11.8. The second kappa shape index (κ2) is 10.3. The van der Waals surface area contributed by atoms with Crippen molar-refractivity contribution in [3.63, 3.8) is 0 Å². The molecule has 3 aromatic rings. The van der Waals surface area contributed by atoms with Crippen LogP contribution >= 0.6 is 0 Å². The van der Waals surface area contributed by atoms with Crippen molar-refractivity contribution in [3.05, 3.63) is 89.5 Å². The van der Waals surface area contributed by atoms with Gasteiger partial charge >= 0.3 is 0 Å². The number of nitrogens with zero attached hydrogens (tertiary/aromatic N) is 1. The Morgan fingerprint density at radius 1 is 0.875 bits per heavy atom. The minimum absolute atomic E-state index is 0.139. The van der Waals surface area contributed by atoms with Crippen LogP contribution < -0.4 is 14.4 Å². The lowest BCUT2D eigenvalue weighted by Gasteiger charge is -2.24. The van der Waals surface area contributed by atoms with Gasteiger partial charge in [0, 0.05) is 0 Å². The molecule has 1 N–H and O–H groups in total. The van der Waals surface area contributed by atoms with E-state index >= 15 is 0 Å². The van der Waals surface area contributed by atoms with Crippen LogP contribution in [0.4, 0.5) is 5.69 Å². The number of sulfonamides is 1. The number of rotatable bonds is 9. The predicted octanol–water partition coefficient (Wildman–Crippen LogP) is 4.00. The summed E-state index contributed by atoms with van der Waals surface area (Å²) in [5.41, 5.74) is 3.38. The average Bonchev–Trinajstić information content (AvgIpc) is 2.75. The highest BCUT2D eigenvalue weighted by Gasteiger charge is 2.27. The molecule has 0 aromatic heterocycles. The summed E-state index contributed by atoms with van der Waals surface area (Å²) in [5.74, 6) is 0.317. The van der Waals surface area contributed by atoms with E-state index in [1.165, 1.54) is 0 Å². The van der Waals surface area contributed by atoms with Crippen LogP contribution in [0.5, 0.6) is 5.75 Å². The lowest BCUT2D eigenvalue weighted by atomic mass is 10.2. The SMILES string of the molecule is Cc1ccc(S(=O)(=O)N(CC(=O)NCCOc2cccc(C)c2)c2cccc(C)c2)cc1. The molecule has 0 heterocycles. The molecule has 1 amide bonds. The molecule has 32 heavy (non-hydrogen) atoms. The number of carbonyl (C=O) groups excluding carboxylic acids is 1. The number of hydrogen-bond acceptors (Lipinski definition) is 4. The number of anilines is 1. The topological polar surface area (TPSA) is 75.7 Å². The van der Waals surface area contributed by atoms with Crippen LogP contribution in [0.15, 0.2) is 77.7 Å². The molecule has 0 spiro atoms. The minimum atomic E-state index is -3.92. The summed E-state index contributed by atoms with van der Waals surface area (Å²) in [7, 11) is -3.92. The Bertz CT molecular complexity index is 1170. The molecule has 0 saturated heterocycles. The van der Waals surface area contributed by atoms with Gasteiger partial charge in [0.05, 0.1) is 17.1 Å². The number of ether oxygens (including phenoxy) is 1. The Morgan fingerprint density at radius 2 is 1.53 bits per heavy atom. The molecule has 0 unspecified atom stereocenters. The van der Waals surface area contributed by atoms with Gasteiger partial charge in [-0.15, -0.1) is 0 Å². The van der Waals surface area contributed by atoms with E-state index < -0.39 is 15.9 Å². The molecule has 7 heteroatoms. The molecule has 0 radical (unpaired) electrons. The number of aryl methyl sites for hydroxylation is 3. The van der Waals surface area contributed by atoms with Crippen molar-refractivity contribution in [3.8, 4) is 5.75 Å². The molecule has 0 saturated carbocycles. The quantitative estimate of drug-likeness (QED) is 0.498. The largest absolute Gasteiger partial charge is 0.492 e. The second-order valence-corrected chi connectivity index (χ2v) is 9.54. The zero-order valence-electron chi connectivity index (χ0n) is 18.5. The Labute approximate surface area is 189 Å². The summed E-state index contributed by atoms with van der Waals surface area (Å²) < 4.78 is 33.5. The van der Waals surface area contributed by atoms with Crippen molar-refractivity contribution in [2.45, 2.75) is 25.7 Å². The van der Waals surface area contributed by atoms with Gasteiger partial charge in [-0.2, -0.15) is 0 Å². The maximum absolute atomic E-state index is 13.4. The Kier molecular flexibility index (Phi) is 7.53. The molecular formula is C25H28N2O4S. The van der Waals surface area contributed by atoms with Crippen LogP contribution in [-0.4, -0.2) is 34.0 Å². The Hall–Kier alpha value is -3.32. The van der Waals surface area contributed by atoms with Crippen molar-refractivity contribution in [2.75, 3.05) is 24.0 Å². The molecule has 0 aliphatic rings. The zero-order valence-corrected chi connectivity index (χ0v) is 19.4. The van der Waals surface area contributed by atoms with Crippen molar-refractivity contribution in [1.29, 1.82) is 0 Å². The maximum atomic E-state index is 13.4.